The number of carbonyl (C=O) groups is 4. The Kier molecular flexibility index (Phi) is 11.7. The van der Waals surface area contributed by atoms with Crippen LogP contribution in [0.2, 0.25) is 0 Å². The van der Waals surface area contributed by atoms with Crippen LogP contribution in [0.25, 0.3) is 11.1 Å². The highest BCUT2D eigenvalue weighted by Crippen LogP contribution is 2.56. The van der Waals surface area contributed by atoms with Gasteiger partial charge in [-0.15, -0.1) is 0 Å². The lowest BCUT2D eigenvalue weighted by Gasteiger charge is -2.35. The quantitative estimate of drug-likeness (QED) is 0.0635. The molecule has 1 atom stereocenters. The Labute approximate surface area is 316 Å². The molecule has 8 heteroatoms. The Morgan fingerprint density at radius 1 is 0.537 bits per heavy atom. The van der Waals surface area contributed by atoms with Gasteiger partial charge in [-0.2, -0.15) is 0 Å². The number of rotatable bonds is 14. The summed E-state index contributed by atoms with van der Waals surface area (Å²) in [7, 11) is 0. The predicted octanol–water partition coefficient (Wildman–Crippen LogP) is 9.09. The van der Waals surface area contributed by atoms with Crippen molar-refractivity contribution in [3.05, 3.63) is 178 Å². The van der Waals surface area contributed by atoms with E-state index in [1.807, 2.05) is 60.7 Å². The van der Waals surface area contributed by atoms with Crippen LogP contribution >= 0.6 is 0 Å². The summed E-state index contributed by atoms with van der Waals surface area (Å²) in [5.41, 5.74) is 8.38. The third kappa shape index (κ3) is 7.74. The maximum absolute atomic E-state index is 12.8. The summed E-state index contributed by atoms with van der Waals surface area (Å²) in [5, 5.41) is 0. The average Bonchev–Trinajstić information content (AvgIpc) is 3.45. The molecule has 1 unspecified atom stereocenters. The van der Waals surface area contributed by atoms with E-state index in [9.17, 15) is 19.2 Å². The number of fused-ring (bicyclic) bond motifs is 3. The lowest BCUT2D eigenvalue weighted by molar-refractivity contribution is -0.144. The van der Waals surface area contributed by atoms with Gasteiger partial charge >= 0.3 is 23.9 Å². The lowest BCUT2D eigenvalue weighted by atomic mass is 9.66. The fraction of sp³-hybridized carbons (Fsp3) is 0.217. The van der Waals surface area contributed by atoms with Gasteiger partial charge in [0.15, 0.2) is 0 Å². The summed E-state index contributed by atoms with van der Waals surface area (Å²) in [4.78, 5) is 50.3. The smallest absolute Gasteiger partial charge is 0.333 e. The first kappa shape index (κ1) is 38.9. The van der Waals surface area contributed by atoms with E-state index in [1.54, 1.807) is 34.6 Å². The first-order chi connectivity index (χ1) is 25.7. The van der Waals surface area contributed by atoms with Crippen LogP contribution in [0.15, 0.2) is 134 Å². The van der Waals surface area contributed by atoms with E-state index >= 15 is 0 Å². The summed E-state index contributed by atoms with van der Waals surface area (Å²) < 4.78 is 22.7. The van der Waals surface area contributed by atoms with Crippen molar-refractivity contribution in [1.82, 2.24) is 0 Å². The highest BCUT2D eigenvalue weighted by atomic mass is 16.5. The molecule has 54 heavy (non-hydrogen) atoms. The molecule has 8 nitrogen and oxygen atoms in total. The molecule has 0 aliphatic heterocycles. The molecule has 0 N–H and O–H groups in total. The number of benzene rings is 4. The van der Waals surface area contributed by atoms with Gasteiger partial charge in [-0.25, -0.2) is 19.2 Å². The van der Waals surface area contributed by atoms with Crippen molar-refractivity contribution < 1.29 is 38.1 Å². The molecule has 0 radical (unpaired) electrons. The van der Waals surface area contributed by atoms with Gasteiger partial charge in [0.25, 0.3) is 0 Å². The first-order valence-electron chi connectivity index (χ1n) is 17.5. The molecule has 0 amide bonds. The number of hydrogen-bond donors (Lipinski definition) is 0. The standard InChI is InChI=1S/C46H44O8/c1-27(2)42(47)51-24-32-18-20-35(22-34(32)26-53-44(49)29(5)6)46(40-16-12-10-14-37(40)38-15-11-13-17-41(38)46)36-21-19-33(25-52-43(48)28(3)4)39(23-36)31(9)54-45(50)30(7)8/h10-23,31H,1,3,5,7,24-26H2,2,4,6,8-9H3. The van der Waals surface area contributed by atoms with Crippen molar-refractivity contribution >= 4 is 23.9 Å². The highest BCUT2D eigenvalue weighted by Gasteiger charge is 2.46. The maximum Gasteiger partial charge on any atom is 0.333 e. The molecule has 0 spiro atoms. The van der Waals surface area contributed by atoms with Crippen LogP contribution in [0.3, 0.4) is 0 Å². The molecule has 1 aliphatic carbocycles. The second kappa shape index (κ2) is 16.2. The van der Waals surface area contributed by atoms with Crippen molar-refractivity contribution in [2.24, 2.45) is 0 Å². The van der Waals surface area contributed by atoms with E-state index in [4.69, 9.17) is 18.9 Å². The summed E-state index contributed by atoms with van der Waals surface area (Å²) in [6.07, 6.45) is -0.751. The predicted molar refractivity (Wildman–Crippen MR) is 207 cm³/mol. The van der Waals surface area contributed by atoms with E-state index in [0.717, 1.165) is 33.4 Å². The molecule has 1 aliphatic rings. The molecule has 0 bridgehead atoms. The van der Waals surface area contributed by atoms with Gasteiger partial charge in [0.1, 0.15) is 25.9 Å². The Hall–Kier alpha value is -6.28. The SMILES string of the molecule is C=C(C)C(=O)OCc1ccc(C2(c3ccc(COC(=O)C(=C)C)c(C(C)OC(=O)C(=C)C)c3)c3ccccc3-c3ccccc32)cc1COC(=O)C(=C)C. The minimum atomic E-state index is -0.938. The van der Waals surface area contributed by atoms with Crippen LogP contribution in [-0.4, -0.2) is 23.9 Å². The van der Waals surface area contributed by atoms with Crippen LogP contribution in [0, 0.1) is 0 Å². The molecular formula is C46H44O8. The minimum absolute atomic E-state index is 0.0700. The van der Waals surface area contributed by atoms with E-state index in [2.05, 4.69) is 50.6 Å². The molecule has 0 aromatic heterocycles. The summed E-state index contributed by atoms with van der Waals surface area (Å²) in [5.74, 6) is -2.19. The average molecular weight is 725 g/mol. The van der Waals surface area contributed by atoms with Crippen LogP contribution in [0.1, 0.15) is 85.2 Å². The molecular weight excluding hydrogens is 680 g/mol. The van der Waals surface area contributed by atoms with Gasteiger partial charge in [-0.1, -0.05) is 111 Å². The van der Waals surface area contributed by atoms with Crippen LogP contribution in [0.5, 0.6) is 0 Å². The number of hydrogen-bond acceptors (Lipinski definition) is 8. The minimum Gasteiger partial charge on any atom is -0.457 e. The zero-order valence-corrected chi connectivity index (χ0v) is 31.4. The van der Waals surface area contributed by atoms with Crippen molar-refractivity contribution in [2.75, 3.05) is 0 Å². The third-order valence-corrected chi connectivity index (χ3v) is 9.36. The molecule has 0 saturated carbocycles. The topological polar surface area (TPSA) is 105 Å². The van der Waals surface area contributed by atoms with Gasteiger partial charge in [0.2, 0.25) is 0 Å². The fourth-order valence-corrected chi connectivity index (χ4v) is 6.62. The van der Waals surface area contributed by atoms with Gasteiger partial charge < -0.3 is 18.9 Å². The molecule has 4 aromatic carbocycles. The molecule has 0 heterocycles. The van der Waals surface area contributed by atoms with E-state index in [1.165, 1.54) is 0 Å². The second-order valence-corrected chi connectivity index (χ2v) is 13.6. The summed E-state index contributed by atoms with van der Waals surface area (Å²) >= 11 is 0. The Bertz CT molecular complexity index is 2180. The van der Waals surface area contributed by atoms with Crippen molar-refractivity contribution in [1.29, 1.82) is 0 Å². The van der Waals surface area contributed by atoms with Gasteiger partial charge in [0, 0.05) is 22.3 Å². The molecule has 0 saturated heterocycles. The van der Waals surface area contributed by atoms with Crippen molar-refractivity contribution in [3.8, 4) is 11.1 Å². The second-order valence-electron chi connectivity index (χ2n) is 13.6. The molecule has 5 rings (SSSR count). The monoisotopic (exact) mass is 724 g/mol. The molecule has 276 valence electrons. The van der Waals surface area contributed by atoms with Crippen LogP contribution < -0.4 is 0 Å². The van der Waals surface area contributed by atoms with Crippen molar-refractivity contribution in [2.45, 2.75) is 66.0 Å². The molecule has 0 fully saturated rings. The van der Waals surface area contributed by atoms with Gasteiger partial charge in [-0.3, -0.25) is 0 Å². The summed E-state index contributed by atoms with van der Waals surface area (Å²) in [6, 6.07) is 28.0. The Morgan fingerprint density at radius 2 is 0.944 bits per heavy atom. The van der Waals surface area contributed by atoms with Gasteiger partial charge in [0.05, 0.1) is 5.41 Å². The number of esters is 4. The normalized spacial score (nSPS) is 12.7. The first-order valence-corrected chi connectivity index (χ1v) is 17.5. The number of ether oxygens (including phenoxy) is 4. The Morgan fingerprint density at radius 3 is 1.43 bits per heavy atom. The number of carbonyl (C=O) groups excluding carboxylic acids is 4. The highest BCUT2D eigenvalue weighted by molar-refractivity contribution is 5.89. The summed E-state index contributed by atoms with van der Waals surface area (Å²) in [6.45, 7) is 22.7. The molecule has 4 aromatic rings. The van der Waals surface area contributed by atoms with Crippen molar-refractivity contribution in [3.63, 3.8) is 0 Å². The fourth-order valence-electron chi connectivity index (χ4n) is 6.62. The van der Waals surface area contributed by atoms with E-state index < -0.39 is 35.4 Å². The lowest BCUT2D eigenvalue weighted by Crippen LogP contribution is -2.29. The van der Waals surface area contributed by atoms with Crippen LogP contribution in [0.4, 0.5) is 0 Å². The zero-order valence-electron chi connectivity index (χ0n) is 31.4. The Balaban J connectivity index is 1.79. The largest absolute Gasteiger partial charge is 0.457 e. The van der Waals surface area contributed by atoms with E-state index in [0.29, 0.717) is 22.3 Å². The maximum atomic E-state index is 12.8. The van der Waals surface area contributed by atoms with E-state index in [-0.39, 0.29) is 42.1 Å². The van der Waals surface area contributed by atoms with Gasteiger partial charge in [-0.05, 0) is 90.3 Å². The zero-order chi connectivity index (χ0) is 39.3. The van der Waals surface area contributed by atoms with Crippen LogP contribution in [-0.2, 0) is 63.4 Å². The third-order valence-electron chi connectivity index (χ3n) is 9.36.